The van der Waals surface area contributed by atoms with Crippen molar-refractivity contribution in [2.45, 2.75) is 25.6 Å². The molecule has 0 spiro atoms. The first-order chi connectivity index (χ1) is 11.3. The molecule has 0 radical (unpaired) electrons. The zero-order valence-electron chi connectivity index (χ0n) is 12.7. The van der Waals surface area contributed by atoms with E-state index in [1.807, 2.05) is 0 Å². The Morgan fingerprint density at radius 1 is 1.12 bits per heavy atom. The lowest BCUT2D eigenvalue weighted by molar-refractivity contribution is -0.137. The molecule has 0 bridgehead atoms. The van der Waals surface area contributed by atoms with Gasteiger partial charge in [-0.15, -0.1) is 0 Å². The van der Waals surface area contributed by atoms with E-state index in [1.54, 1.807) is 6.92 Å². The number of anilines is 1. The molecule has 0 aliphatic heterocycles. The number of hydrogen-bond donors (Lipinski definition) is 1. The predicted molar refractivity (Wildman–Crippen MR) is 81.2 cm³/mol. The molecule has 7 heteroatoms. The number of alkyl halides is 3. The third-order valence-electron chi connectivity index (χ3n) is 3.25. The zero-order chi connectivity index (χ0) is 17.7. The fourth-order valence-corrected chi connectivity index (χ4v) is 2.05. The van der Waals surface area contributed by atoms with Gasteiger partial charge in [0, 0.05) is 0 Å². The number of nitrogens with one attached hydrogen (secondary N) is 1. The maximum atomic E-state index is 12.9. The van der Waals surface area contributed by atoms with Crippen LogP contribution in [-0.2, 0) is 11.0 Å². The molecule has 0 saturated carbocycles. The van der Waals surface area contributed by atoms with E-state index in [1.165, 1.54) is 42.5 Å². The van der Waals surface area contributed by atoms with Gasteiger partial charge in [-0.1, -0.05) is 19.1 Å². The summed E-state index contributed by atoms with van der Waals surface area (Å²) in [4.78, 5) is 12.2. The van der Waals surface area contributed by atoms with Gasteiger partial charge in [-0.3, -0.25) is 4.79 Å². The van der Waals surface area contributed by atoms with E-state index < -0.39 is 29.6 Å². The van der Waals surface area contributed by atoms with Crippen molar-refractivity contribution in [2.24, 2.45) is 0 Å². The minimum absolute atomic E-state index is 0.234. The minimum atomic E-state index is -4.58. The number of ether oxygens (including phenoxy) is 1. The van der Waals surface area contributed by atoms with Gasteiger partial charge in [-0.05, 0) is 42.8 Å². The maximum Gasteiger partial charge on any atom is 0.418 e. The Labute approximate surface area is 136 Å². The summed E-state index contributed by atoms with van der Waals surface area (Å²) in [5.74, 6) is -0.917. The van der Waals surface area contributed by atoms with Crippen molar-refractivity contribution < 1.29 is 27.1 Å². The third kappa shape index (κ3) is 4.47. The van der Waals surface area contributed by atoms with Gasteiger partial charge in [0.1, 0.15) is 11.6 Å². The van der Waals surface area contributed by atoms with E-state index in [4.69, 9.17) is 4.74 Å². The highest BCUT2D eigenvalue weighted by molar-refractivity contribution is 5.95. The predicted octanol–water partition coefficient (Wildman–Crippen LogP) is 4.64. The summed E-state index contributed by atoms with van der Waals surface area (Å²) in [7, 11) is 0. The fraction of sp³-hybridized carbons (Fsp3) is 0.235. The van der Waals surface area contributed by atoms with Crippen LogP contribution < -0.4 is 10.1 Å². The van der Waals surface area contributed by atoms with Crippen molar-refractivity contribution in [3.8, 4) is 5.75 Å². The van der Waals surface area contributed by atoms with Crippen LogP contribution in [0.1, 0.15) is 18.9 Å². The summed E-state index contributed by atoms with van der Waals surface area (Å²) in [5, 5.41) is 2.24. The lowest BCUT2D eigenvalue weighted by Crippen LogP contribution is -2.33. The van der Waals surface area contributed by atoms with Gasteiger partial charge in [0.2, 0.25) is 0 Å². The van der Waals surface area contributed by atoms with Crippen LogP contribution in [0.25, 0.3) is 0 Å². The van der Waals surface area contributed by atoms with Crippen molar-refractivity contribution in [2.75, 3.05) is 5.32 Å². The quantitative estimate of drug-likeness (QED) is 0.805. The molecule has 1 atom stereocenters. The lowest BCUT2D eigenvalue weighted by atomic mass is 10.1. The van der Waals surface area contributed by atoms with Crippen LogP contribution in [0, 0.1) is 5.82 Å². The summed E-state index contributed by atoms with van der Waals surface area (Å²) < 4.78 is 57.1. The fourth-order valence-electron chi connectivity index (χ4n) is 2.05. The van der Waals surface area contributed by atoms with Crippen LogP contribution >= 0.6 is 0 Å². The second-order valence-corrected chi connectivity index (χ2v) is 5.00. The Morgan fingerprint density at radius 3 is 2.33 bits per heavy atom. The molecule has 0 unspecified atom stereocenters. The highest BCUT2D eigenvalue weighted by atomic mass is 19.4. The van der Waals surface area contributed by atoms with Crippen molar-refractivity contribution in [3.63, 3.8) is 0 Å². The van der Waals surface area contributed by atoms with Crippen molar-refractivity contribution in [3.05, 3.63) is 59.9 Å². The maximum absolute atomic E-state index is 12.9. The largest absolute Gasteiger partial charge is 0.481 e. The first-order valence-electron chi connectivity index (χ1n) is 7.20. The molecular formula is C17H15F4NO2. The summed E-state index contributed by atoms with van der Waals surface area (Å²) in [6, 6.07) is 9.71. The molecule has 3 nitrogen and oxygen atoms in total. The van der Waals surface area contributed by atoms with E-state index >= 15 is 0 Å². The number of hydrogen-bond acceptors (Lipinski definition) is 2. The van der Waals surface area contributed by atoms with Crippen molar-refractivity contribution >= 4 is 11.6 Å². The molecule has 2 aromatic carbocycles. The molecule has 0 saturated heterocycles. The van der Waals surface area contributed by atoms with Crippen LogP contribution in [0.5, 0.6) is 5.75 Å². The molecule has 1 amide bonds. The molecule has 2 rings (SSSR count). The number of carbonyl (C=O) groups is 1. The van der Waals surface area contributed by atoms with Crippen LogP contribution in [0.4, 0.5) is 23.2 Å². The molecule has 0 aliphatic rings. The monoisotopic (exact) mass is 341 g/mol. The van der Waals surface area contributed by atoms with Gasteiger partial charge in [0.15, 0.2) is 6.10 Å². The van der Waals surface area contributed by atoms with Crippen LogP contribution in [-0.4, -0.2) is 12.0 Å². The molecular weight excluding hydrogens is 326 g/mol. The summed E-state index contributed by atoms with van der Waals surface area (Å²) in [6.07, 6.45) is -5.35. The molecule has 0 aromatic heterocycles. The van der Waals surface area contributed by atoms with E-state index in [9.17, 15) is 22.4 Å². The van der Waals surface area contributed by atoms with Crippen molar-refractivity contribution in [1.29, 1.82) is 0 Å². The standard InChI is InChI=1S/C17H15F4NO2/c1-2-15(24-12-9-7-11(18)8-10-12)16(23)22-14-6-4-3-5-13(14)17(19,20)21/h3-10,15H,2H2,1H3,(H,22,23)/t15-/m1/s1. The van der Waals surface area contributed by atoms with Crippen LogP contribution in [0.2, 0.25) is 0 Å². The smallest absolute Gasteiger partial charge is 0.418 e. The normalized spacial score (nSPS) is 12.5. The molecule has 0 heterocycles. The highest BCUT2D eigenvalue weighted by Gasteiger charge is 2.34. The van der Waals surface area contributed by atoms with Gasteiger partial charge < -0.3 is 10.1 Å². The van der Waals surface area contributed by atoms with Crippen LogP contribution in [0.3, 0.4) is 0 Å². The lowest BCUT2D eigenvalue weighted by Gasteiger charge is -2.19. The number of halogens is 4. The molecule has 1 N–H and O–H groups in total. The first-order valence-corrected chi connectivity index (χ1v) is 7.20. The molecule has 0 aliphatic carbocycles. The summed E-state index contributed by atoms with van der Waals surface area (Å²) in [5.41, 5.74) is -1.27. The molecule has 24 heavy (non-hydrogen) atoms. The second kappa shape index (κ2) is 7.33. The van der Waals surface area contributed by atoms with Gasteiger partial charge in [-0.25, -0.2) is 4.39 Å². The second-order valence-electron chi connectivity index (χ2n) is 5.00. The minimum Gasteiger partial charge on any atom is -0.481 e. The summed E-state index contributed by atoms with van der Waals surface area (Å²) in [6.45, 7) is 1.66. The Morgan fingerprint density at radius 2 is 1.75 bits per heavy atom. The highest BCUT2D eigenvalue weighted by Crippen LogP contribution is 2.34. The third-order valence-corrected chi connectivity index (χ3v) is 3.25. The number of amides is 1. The molecule has 2 aromatic rings. The SMILES string of the molecule is CC[C@@H](Oc1ccc(F)cc1)C(=O)Nc1ccccc1C(F)(F)F. The van der Waals surface area contributed by atoms with Gasteiger partial charge >= 0.3 is 6.18 Å². The van der Waals surface area contributed by atoms with E-state index in [0.29, 0.717) is 0 Å². The Kier molecular flexibility index (Phi) is 5.43. The average Bonchev–Trinajstić information content (AvgIpc) is 2.53. The molecule has 128 valence electrons. The number of rotatable bonds is 5. The number of benzene rings is 2. The van der Waals surface area contributed by atoms with E-state index in [2.05, 4.69) is 5.32 Å². The Hall–Kier alpha value is -2.57. The Bertz CT molecular complexity index is 698. The molecule has 0 fully saturated rings. The topological polar surface area (TPSA) is 38.3 Å². The van der Waals surface area contributed by atoms with Crippen LogP contribution in [0.15, 0.2) is 48.5 Å². The zero-order valence-corrected chi connectivity index (χ0v) is 12.7. The van der Waals surface area contributed by atoms with Gasteiger partial charge in [-0.2, -0.15) is 13.2 Å². The average molecular weight is 341 g/mol. The Balaban J connectivity index is 2.14. The van der Waals surface area contributed by atoms with Crippen molar-refractivity contribution in [1.82, 2.24) is 0 Å². The number of para-hydroxylation sites is 1. The van der Waals surface area contributed by atoms with Gasteiger partial charge in [0.05, 0.1) is 11.3 Å². The first kappa shape index (κ1) is 17.8. The summed E-state index contributed by atoms with van der Waals surface area (Å²) >= 11 is 0. The number of carbonyl (C=O) groups excluding carboxylic acids is 1. The van der Waals surface area contributed by atoms with E-state index in [0.717, 1.165) is 6.07 Å². The van der Waals surface area contributed by atoms with Gasteiger partial charge in [0.25, 0.3) is 5.91 Å². The van der Waals surface area contributed by atoms with E-state index in [-0.39, 0.29) is 17.9 Å².